The fourth-order valence-electron chi connectivity index (χ4n) is 3.81. The van der Waals surface area contributed by atoms with Gasteiger partial charge in [-0.05, 0) is 49.0 Å². The Bertz CT molecular complexity index is 1100. The van der Waals surface area contributed by atoms with E-state index in [4.69, 9.17) is 11.6 Å². The molecule has 0 saturated carbocycles. The summed E-state index contributed by atoms with van der Waals surface area (Å²) in [5, 5.41) is 27.1. The molecular weight excluding hydrogens is 506 g/mol. The number of hydrogen-bond donors (Lipinski definition) is 8. The molecule has 3 atom stereocenters. The molecule has 198 valence electrons. The Balaban J connectivity index is 1.75. The van der Waals surface area contributed by atoms with E-state index in [1.165, 1.54) is 25.0 Å². The summed E-state index contributed by atoms with van der Waals surface area (Å²) in [6.07, 6.45) is 0.156. The standard InChI is InChI=1S/C23H29BClFN6O5/c1-24(37)27-12-21(33)30-19(23(35)36)10-16(29-22(34)20-11-28-32-31-20)8-13-2-4-14(5-3-13)17-9-15(25)6-7-18(17)26/h2-7,9,16,19-20,27-28,31-32,37H,8,10-12H2,1H3,(H,29,34)(H,30,33)(H,35,36)/t16-,19-,20?/m1/s1. The first-order valence-electron chi connectivity index (χ1n) is 11.6. The van der Waals surface area contributed by atoms with Gasteiger partial charge in [0.1, 0.15) is 17.9 Å². The van der Waals surface area contributed by atoms with Crippen molar-refractivity contribution in [1.29, 1.82) is 0 Å². The van der Waals surface area contributed by atoms with E-state index in [9.17, 15) is 28.9 Å². The van der Waals surface area contributed by atoms with E-state index in [1.807, 2.05) is 0 Å². The highest BCUT2D eigenvalue weighted by atomic mass is 35.5. The number of hydrazine groups is 2. The van der Waals surface area contributed by atoms with Gasteiger partial charge in [0.25, 0.3) is 0 Å². The van der Waals surface area contributed by atoms with Crippen LogP contribution < -0.4 is 32.2 Å². The van der Waals surface area contributed by atoms with Gasteiger partial charge in [-0.1, -0.05) is 35.9 Å². The van der Waals surface area contributed by atoms with E-state index in [0.29, 0.717) is 22.7 Å². The Hall–Kier alpha value is -3.07. The first-order chi connectivity index (χ1) is 17.6. The van der Waals surface area contributed by atoms with Crippen molar-refractivity contribution in [3.05, 3.63) is 58.9 Å². The first kappa shape index (κ1) is 28.5. The van der Waals surface area contributed by atoms with Crippen molar-refractivity contribution in [1.82, 2.24) is 32.2 Å². The maximum atomic E-state index is 14.2. The highest BCUT2D eigenvalue weighted by Crippen LogP contribution is 2.26. The minimum Gasteiger partial charge on any atom is -0.480 e. The van der Waals surface area contributed by atoms with E-state index in [1.54, 1.807) is 24.3 Å². The van der Waals surface area contributed by atoms with Crippen LogP contribution in [0.25, 0.3) is 11.1 Å². The fourth-order valence-corrected chi connectivity index (χ4v) is 3.98. The van der Waals surface area contributed by atoms with Gasteiger partial charge in [-0.3, -0.25) is 9.59 Å². The number of hydrogen-bond acceptors (Lipinski definition) is 8. The Morgan fingerprint density at radius 2 is 1.92 bits per heavy atom. The third kappa shape index (κ3) is 8.77. The van der Waals surface area contributed by atoms with Gasteiger partial charge in [-0.15, -0.1) is 0 Å². The highest BCUT2D eigenvalue weighted by Gasteiger charge is 2.29. The summed E-state index contributed by atoms with van der Waals surface area (Å²) >= 11 is 6.00. The minimum absolute atomic E-state index is 0.0975. The van der Waals surface area contributed by atoms with Crippen molar-refractivity contribution in [3.63, 3.8) is 0 Å². The molecule has 0 radical (unpaired) electrons. The van der Waals surface area contributed by atoms with Crippen LogP contribution in [0.2, 0.25) is 11.8 Å². The zero-order valence-corrected chi connectivity index (χ0v) is 20.8. The molecule has 0 bridgehead atoms. The van der Waals surface area contributed by atoms with Crippen molar-refractivity contribution in [3.8, 4) is 11.1 Å². The van der Waals surface area contributed by atoms with Crippen molar-refractivity contribution in [2.75, 3.05) is 13.1 Å². The summed E-state index contributed by atoms with van der Waals surface area (Å²) in [4.78, 5) is 36.8. The smallest absolute Gasteiger partial charge is 0.374 e. The van der Waals surface area contributed by atoms with Crippen LogP contribution >= 0.6 is 11.6 Å². The Morgan fingerprint density at radius 3 is 2.54 bits per heavy atom. The molecule has 2 aromatic carbocycles. The van der Waals surface area contributed by atoms with Crippen molar-refractivity contribution >= 4 is 36.4 Å². The van der Waals surface area contributed by atoms with E-state index >= 15 is 0 Å². The summed E-state index contributed by atoms with van der Waals surface area (Å²) in [6.45, 7) is 1.48. The summed E-state index contributed by atoms with van der Waals surface area (Å²) in [7, 11) is -0.939. The van der Waals surface area contributed by atoms with E-state index in [0.717, 1.165) is 5.56 Å². The van der Waals surface area contributed by atoms with Crippen molar-refractivity contribution in [2.24, 2.45) is 0 Å². The second kappa shape index (κ2) is 13.5. The molecule has 8 N–H and O–H groups in total. The molecule has 1 heterocycles. The molecule has 14 heteroatoms. The molecule has 1 saturated heterocycles. The molecule has 1 unspecified atom stereocenters. The van der Waals surface area contributed by atoms with Gasteiger partial charge in [0.2, 0.25) is 11.8 Å². The number of benzene rings is 2. The molecular formula is C23H29BClFN6O5. The van der Waals surface area contributed by atoms with Crippen LogP contribution in [-0.2, 0) is 20.8 Å². The summed E-state index contributed by atoms with van der Waals surface area (Å²) < 4.78 is 14.2. The van der Waals surface area contributed by atoms with Crippen LogP contribution in [0.4, 0.5) is 4.39 Å². The number of aliphatic carboxylic acids is 1. The summed E-state index contributed by atoms with van der Waals surface area (Å²) in [5.41, 5.74) is 9.88. The largest absolute Gasteiger partial charge is 0.480 e. The quantitative estimate of drug-likeness (QED) is 0.172. The SMILES string of the molecule is CB(O)NCC(=O)N[C@H](C[C@@H](Cc1ccc(-c2cc(Cl)ccc2F)cc1)NC(=O)C1CNNN1)C(=O)O. The third-order valence-corrected chi connectivity index (χ3v) is 5.93. The molecule has 37 heavy (non-hydrogen) atoms. The Labute approximate surface area is 218 Å². The van der Waals surface area contributed by atoms with Gasteiger partial charge in [0, 0.05) is 23.2 Å². The molecule has 1 fully saturated rings. The topological polar surface area (TPSA) is 164 Å². The lowest BCUT2D eigenvalue weighted by molar-refractivity contribution is -0.142. The van der Waals surface area contributed by atoms with Gasteiger partial charge in [0.05, 0.1) is 6.54 Å². The number of nitrogens with one attached hydrogen (secondary N) is 6. The van der Waals surface area contributed by atoms with Crippen LogP contribution in [0.3, 0.4) is 0 Å². The normalized spacial score (nSPS) is 16.6. The summed E-state index contributed by atoms with van der Waals surface area (Å²) in [5.74, 6) is -2.65. The second-order valence-corrected chi connectivity index (χ2v) is 9.12. The fraction of sp³-hybridized carbons (Fsp3) is 0.348. The number of carboxylic acid groups (broad SMARTS) is 1. The predicted octanol–water partition coefficient (Wildman–Crippen LogP) is -0.186. The molecule has 2 amide bonds. The number of rotatable bonds is 12. The van der Waals surface area contributed by atoms with E-state index < -0.39 is 42.9 Å². The third-order valence-electron chi connectivity index (χ3n) is 5.69. The highest BCUT2D eigenvalue weighted by molar-refractivity contribution is 6.45. The lowest BCUT2D eigenvalue weighted by Gasteiger charge is -2.24. The molecule has 1 aliphatic rings. The van der Waals surface area contributed by atoms with E-state index in [-0.39, 0.29) is 25.3 Å². The van der Waals surface area contributed by atoms with Crippen LogP contribution in [0, 0.1) is 5.82 Å². The first-order valence-corrected chi connectivity index (χ1v) is 12.0. The minimum atomic E-state index is -1.29. The predicted molar refractivity (Wildman–Crippen MR) is 137 cm³/mol. The monoisotopic (exact) mass is 534 g/mol. The summed E-state index contributed by atoms with van der Waals surface area (Å²) in [6, 6.07) is 8.69. The van der Waals surface area contributed by atoms with E-state index in [2.05, 4.69) is 32.2 Å². The van der Waals surface area contributed by atoms with Gasteiger partial charge in [-0.25, -0.2) is 20.0 Å². The molecule has 0 spiro atoms. The van der Waals surface area contributed by atoms with Gasteiger partial charge in [-0.2, -0.15) is 5.53 Å². The number of halogens is 2. The van der Waals surface area contributed by atoms with Crippen LogP contribution in [0.5, 0.6) is 0 Å². The molecule has 1 aliphatic heterocycles. The average Bonchev–Trinajstić information content (AvgIpc) is 3.39. The average molecular weight is 535 g/mol. The molecule has 0 aliphatic carbocycles. The maximum absolute atomic E-state index is 14.2. The zero-order valence-electron chi connectivity index (χ0n) is 20.1. The molecule has 2 aromatic rings. The molecule has 0 aromatic heterocycles. The van der Waals surface area contributed by atoms with Crippen molar-refractivity contribution in [2.45, 2.75) is 37.8 Å². The zero-order chi connectivity index (χ0) is 26.9. The Morgan fingerprint density at radius 1 is 1.19 bits per heavy atom. The van der Waals surface area contributed by atoms with Crippen LogP contribution in [-0.4, -0.2) is 66.2 Å². The second-order valence-electron chi connectivity index (χ2n) is 8.68. The van der Waals surface area contributed by atoms with Crippen molar-refractivity contribution < 1.29 is 28.9 Å². The number of carboxylic acids is 1. The number of amides is 2. The number of carbonyl (C=O) groups excluding carboxylic acids is 2. The van der Waals surface area contributed by atoms with Gasteiger partial charge in [0.15, 0.2) is 0 Å². The Kier molecular flexibility index (Phi) is 10.4. The molecule has 11 nitrogen and oxygen atoms in total. The lowest BCUT2D eigenvalue weighted by Crippen LogP contribution is -2.53. The molecule has 3 rings (SSSR count). The maximum Gasteiger partial charge on any atom is 0.374 e. The van der Waals surface area contributed by atoms with Crippen LogP contribution in [0.15, 0.2) is 42.5 Å². The van der Waals surface area contributed by atoms with Gasteiger partial charge < -0.3 is 26.0 Å². The number of carbonyl (C=O) groups is 3. The van der Waals surface area contributed by atoms with Crippen LogP contribution in [0.1, 0.15) is 12.0 Å². The van der Waals surface area contributed by atoms with Gasteiger partial charge >= 0.3 is 13.0 Å². The lowest BCUT2D eigenvalue weighted by atomic mass is 9.89.